The fourth-order valence-electron chi connectivity index (χ4n) is 3.65. The molecule has 1 amide bonds. The summed E-state index contributed by atoms with van der Waals surface area (Å²) in [5, 5.41) is 0. The lowest BCUT2D eigenvalue weighted by atomic mass is 10.1. The van der Waals surface area contributed by atoms with Crippen LogP contribution in [0.3, 0.4) is 0 Å². The Morgan fingerprint density at radius 1 is 1.04 bits per heavy atom. The quantitative estimate of drug-likeness (QED) is 0.808. The Bertz CT molecular complexity index is 908. The fraction of sp³-hybridized carbons (Fsp3) is 0.381. The number of rotatable bonds is 4. The average Bonchev–Trinajstić information content (AvgIpc) is 3.00. The predicted octanol–water partition coefficient (Wildman–Crippen LogP) is 3.51. The molecule has 1 saturated heterocycles. The SMILES string of the molecule is Cc1ccc(S(=O)(=O)N2CC(C)N(C(=O)c3ccccc3)C2C(C)C)cc1. The zero-order chi connectivity index (χ0) is 19.8. The molecule has 2 aromatic rings. The maximum Gasteiger partial charge on any atom is 0.255 e. The van der Waals surface area contributed by atoms with E-state index in [2.05, 4.69) is 0 Å². The molecule has 0 bridgehead atoms. The number of sulfonamides is 1. The highest BCUT2D eigenvalue weighted by Gasteiger charge is 2.47. The first-order chi connectivity index (χ1) is 12.7. The van der Waals surface area contributed by atoms with E-state index in [1.165, 1.54) is 4.31 Å². The third kappa shape index (κ3) is 3.64. The van der Waals surface area contributed by atoms with Crippen LogP contribution >= 0.6 is 0 Å². The van der Waals surface area contributed by atoms with Crippen LogP contribution in [0, 0.1) is 12.8 Å². The van der Waals surface area contributed by atoms with Crippen molar-refractivity contribution in [3.05, 3.63) is 65.7 Å². The molecule has 1 fully saturated rings. The van der Waals surface area contributed by atoms with E-state index in [1.807, 2.05) is 45.9 Å². The number of carbonyl (C=O) groups excluding carboxylic acids is 1. The molecule has 0 aromatic heterocycles. The lowest BCUT2D eigenvalue weighted by Crippen LogP contribution is -2.48. The van der Waals surface area contributed by atoms with Crippen molar-refractivity contribution >= 4 is 15.9 Å². The molecule has 1 aliphatic heterocycles. The lowest BCUT2D eigenvalue weighted by molar-refractivity contribution is 0.0574. The third-order valence-corrected chi connectivity index (χ3v) is 6.83. The van der Waals surface area contributed by atoms with Gasteiger partial charge in [-0.15, -0.1) is 0 Å². The van der Waals surface area contributed by atoms with Gasteiger partial charge in [0.15, 0.2) is 0 Å². The minimum atomic E-state index is -3.69. The summed E-state index contributed by atoms with van der Waals surface area (Å²) in [6.07, 6.45) is -0.515. The molecule has 5 nitrogen and oxygen atoms in total. The van der Waals surface area contributed by atoms with Gasteiger partial charge in [-0.25, -0.2) is 8.42 Å². The van der Waals surface area contributed by atoms with Crippen LogP contribution in [0.15, 0.2) is 59.5 Å². The second-order valence-electron chi connectivity index (χ2n) is 7.47. The first-order valence-electron chi connectivity index (χ1n) is 9.19. The minimum Gasteiger partial charge on any atom is -0.318 e. The minimum absolute atomic E-state index is 0.0390. The largest absolute Gasteiger partial charge is 0.318 e. The zero-order valence-corrected chi connectivity index (χ0v) is 17.0. The molecular weight excluding hydrogens is 360 g/mol. The molecule has 3 rings (SSSR count). The van der Waals surface area contributed by atoms with Crippen LogP contribution in [0.2, 0.25) is 0 Å². The standard InChI is InChI=1S/C21H26N2O3S/c1-15(2)20-22(27(25,26)19-12-10-16(3)11-13-19)14-17(4)23(20)21(24)18-8-6-5-7-9-18/h5-13,15,17,20H,14H2,1-4H3. The molecule has 0 radical (unpaired) electrons. The van der Waals surface area contributed by atoms with Gasteiger partial charge < -0.3 is 4.90 Å². The van der Waals surface area contributed by atoms with Gasteiger partial charge in [0.1, 0.15) is 6.17 Å². The van der Waals surface area contributed by atoms with Crippen LogP contribution in [-0.4, -0.2) is 42.3 Å². The molecule has 0 spiro atoms. The zero-order valence-electron chi connectivity index (χ0n) is 16.2. The molecular formula is C21H26N2O3S. The van der Waals surface area contributed by atoms with Crippen molar-refractivity contribution in [2.45, 2.75) is 44.8 Å². The lowest BCUT2D eigenvalue weighted by Gasteiger charge is -2.34. The summed E-state index contributed by atoms with van der Waals surface area (Å²) in [6, 6.07) is 15.7. The van der Waals surface area contributed by atoms with Crippen molar-refractivity contribution in [2.75, 3.05) is 6.54 Å². The second kappa shape index (κ2) is 7.44. The van der Waals surface area contributed by atoms with Gasteiger partial charge in [0.05, 0.1) is 4.90 Å². The van der Waals surface area contributed by atoms with Gasteiger partial charge in [0.25, 0.3) is 5.91 Å². The highest BCUT2D eigenvalue weighted by Crippen LogP contribution is 2.33. The molecule has 0 saturated carbocycles. The van der Waals surface area contributed by atoms with Gasteiger partial charge in [-0.1, -0.05) is 49.7 Å². The maximum absolute atomic E-state index is 13.3. The summed E-state index contributed by atoms with van der Waals surface area (Å²) in [4.78, 5) is 15.1. The number of benzene rings is 2. The summed E-state index contributed by atoms with van der Waals surface area (Å²) in [6.45, 7) is 8.02. The summed E-state index contributed by atoms with van der Waals surface area (Å²) < 4.78 is 28.1. The number of aryl methyl sites for hydroxylation is 1. The van der Waals surface area contributed by atoms with Crippen molar-refractivity contribution in [1.29, 1.82) is 0 Å². The first-order valence-corrected chi connectivity index (χ1v) is 10.6. The van der Waals surface area contributed by atoms with Crippen LogP contribution in [-0.2, 0) is 10.0 Å². The van der Waals surface area contributed by atoms with E-state index in [0.717, 1.165) is 5.56 Å². The Hall–Kier alpha value is -2.18. The van der Waals surface area contributed by atoms with Crippen molar-refractivity contribution in [3.8, 4) is 0 Å². The van der Waals surface area contributed by atoms with Crippen molar-refractivity contribution < 1.29 is 13.2 Å². The van der Waals surface area contributed by atoms with Gasteiger partial charge in [-0.3, -0.25) is 4.79 Å². The molecule has 2 atom stereocenters. The molecule has 1 heterocycles. The number of amides is 1. The second-order valence-corrected chi connectivity index (χ2v) is 9.36. The summed E-state index contributed by atoms with van der Waals surface area (Å²) in [7, 11) is -3.69. The van der Waals surface area contributed by atoms with E-state index < -0.39 is 16.2 Å². The smallest absolute Gasteiger partial charge is 0.255 e. The molecule has 2 unspecified atom stereocenters. The summed E-state index contributed by atoms with van der Waals surface area (Å²) in [5.74, 6) is -0.175. The number of hydrogen-bond donors (Lipinski definition) is 0. The molecule has 1 aliphatic rings. The summed E-state index contributed by atoms with van der Waals surface area (Å²) >= 11 is 0. The molecule has 0 N–H and O–H groups in total. The van der Waals surface area contributed by atoms with Gasteiger partial charge in [-0.2, -0.15) is 4.31 Å². The Morgan fingerprint density at radius 2 is 1.63 bits per heavy atom. The number of carbonyl (C=O) groups is 1. The molecule has 27 heavy (non-hydrogen) atoms. The van der Waals surface area contributed by atoms with E-state index in [1.54, 1.807) is 41.3 Å². The Kier molecular flexibility index (Phi) is 5.40. The van der Waals surface area contributed by atoms with Gasteiger partial charge in [0.2, 0.25) is 10.0 Å². The third-order valence-electron chi connectivity index (χ3n) is 4.98. The maximum atomic E-state index is 13.3. The number of hydrogen-bond acceptors (Lipinski definition) is 3. The van der Waals surface area contributed by atoms with E-state index in [-0.39, 0.29) is 29.3 Å². The van der Waals surface area contributed by atoms with Crippen LogP contribution < -0.4 is 0 Å². The Morgan fingerprint density at radius 3 is 2.19 bits per heavy atom. The monoisotopic (exact) mass is 386 g/mol. The average molecular weight is 387 g/mol. The highest BCUT2D eigenvalue weighted by molar-refractivity contribution is 7.89. The molecule has 144 valence electrons. The van der Waals surface area contributed by atoms with Gasteiger partial charge in [0, 0.05) is 18.2 Å². The van der Waals surface area contributed by atoms with E-state index >= 15 is 0 Å². The molecule has 6 heteroatoms. The normalized spacial score (nSPS) is 21.0. The van der Waals surface area contributed by atoms with Crippen molar-refractivity contribution in [3.63, 3.8) is 0 Å². The van der Waals surface area contributed by atoms with Crippen molar-refractivity contribution in [1.82, 2.24) is 9.21 Å². The van der Waals surface area contributed by atoms with E-state index in [4.69, 9.17) is 0 Å². The van der Waals surface area contributed by atoms with Crippen LogP contribution in [0.5, 0.6) is 0 Å². The molecule has 0 aliphatic carbocycles. The Labute approximate surface area is 161 Å². The van der Waals surface area contributed by atoms with Crippen LogP contribution in [0.1, 0.15) is 36.7 Å². The highest BCUT2D eigenvalue weighted by atomic mass is 32.2. The van der Waals surface area contributed by atoms with Crippen LogP contribution in [0.25, 0.3) is 0 Å². The van der Waals surface area contributed by atoms with E-state index in [9.17, 15) is 13.2 Å². The van der Waals surface area contributed by atoms with Crippen molar-refractivity contribution in [2.24, 2.45) is 5.92 Å². The van der Waals surface area contributed by atoms with Gasteiger partial charge >= 0.3 is 0 Å². The fourth-order valence-corrected chi connectivity index (χ4v) is 5.44. The van der Waals surface area contributed by atoms with Crippen LogP contribution in [0.4, 0.5) is 0 Å². The van der Waals surface area contributed by atoms with E-state index in [0.29, 0.717) is 5.56 Å². The predicted molar refractivity (Wildman–Crippen MR) is 106 cm³/mol. The number of nitrogens with zero attached hydrogens (tertiary/aromatic N) is 2. The van der Waals surface area contributed by atoms with Gasteiger partial charge in [-0.05, 0) is 44.0 Å². The molecule has 2 aromatic carbocycles. The Balaban J connectivity index is 2.00. The summed E-state index contributed by atoms with van der Waals surface area (Å²) in [5.41, 5.74) is 1.58. The first kappa shape index (κ1) is 19.6. The topological polar surface area (TPSA) is 57.7 Å².